The second-order valence-corrected chi connectivity index (χ2v) is 6.32. The van der Waals surface area contributed by atoms with Gasteiger partial charge in [0.2, 0.25) is 5.91 Å². The highest BCUT2D eigenvalue weighted by Gasteiger charge is 2.21. The third kappa shape index (κ3) is 4.76. The summed E-state index contributed by atoms with van der Waals surface area (Å²) in [7, 11) is 0. The average molecular weight is 363 g/mol. The van der Waals surface area contributed by atoms with Crippen LogP contribution in [0.3, 0.4) is 0 Å². The molecule has 0 unspecified atom stereocenters. The van der Waals surface area contributed by atoms with E-state index in [9.17, 15) is 9.59 Å². The van der Waals surface area contributed by atoms with Crippen molar-refractivity contribution < 1.29 is 9.59 Å². The van der Waals surface area contributed by atoms with Crippen molar-refractivity contribution in [1.82, 2.24) is 4.90 Å². The number of hydrogen-bond acceptors (Lipinski definition) is 4. The summed E-state index contributed by atoms with van der Waals surface area (Å²) in [6.07, 6.45) is 0. The Labute approximate surface area is 158 Å². The van der Waals surface area contributed by atoms with E-state index < -0.39 is 0 Å². The first kappa shape index (κ1) is 18.3. The van der Waals surface area contributed by atoms with E-state index in [1.807, 2.05) is 24.3 Å². The fourth-order valence-electron chi connectivity index (χ4n) is 2.96. The lowest BCUT2D eigenvalue weighted by molar-refractivity contribution is -0.114. The molecule has 2 aromatic rings. The molecule has 7 nitrogen and oxygen atoms in total. The van der Waals surface area contributed by atoms with Crippen molar-refractivity contribution in [1.29, 1.82) is 5.26 Å². The smallest absolute Gasteiger partial charge is 0.321 e. The van der Waals surface area contributed by atoms with Gasteiger partial charge in [0.05, 0.1) is 11.6 Å². The summed E-state index contributed by atoms with van der Waals surface area (Å²) in [6.45, 7) is 4.20. The number of anilines is 3. The molecule has 2 aromatic carbocycles. The number of amides is 3. The van der Waals surface area contributed by atoms with E-state index >= 15 is 0 Å². The van der Waals surface area contributed by atoms with Gasteiger partial charge in [-0.05, 0) is 48.5 Å². The predicted molar refractivity (Wildman–Crippen MR) is 105 cm³/mol. The first-order chi connectivity index (χ1) is 13.0. The van der Waals surface area contributed by atoms with Crippen LogP contribution in [0.5, 0.6) is 0 Å². The molecule has 0 bridgehead atoms. The van der Waals surface area contributed by atoms with Gasteiger partial charge in [0.1, 0.15) is 0 Å². The SMILES string of the molecule is CC(=O)Nc1ccc(N2CCN(C(=O)Nc3ccc(C#N)cc3)CC2)cc1. The molecule has 1 saturated heterocycles. The Morgan fingerprint density at radius 2 is 1.44 bits per heavy atom. The van der Waals surface area contributed by atoms with E-state index in [2.05, 4.69) is 21.6 Å². The number of benzene rings is 2. The van der Waals surface area contributed by atoms with Gasteiger partial charge in [0.25, 0.3) is 0 Å². The van der Waals surface area contributed by atoms with E-state index in [0.29, 0.717) is 24.3 Å². The number of piperazine rings is 1. The summed E-state index contributed by atoms with van der Waals surface area (Å²) in [4.78, 5) is 27.5. The molecular formula is C20H21N5O2. The van der Waals surface area contributed by atoms with Crippen molar-refractivity contribution in [3.05, 3.63) is 54.1 Å². The molecule has 1 aliphatic heterocycles. The van der Waals surface area contributed by atoms with Crippen LogP contribution >= 0.6 is 0 Å². The molecule has 0 saturated carbocycles. The second-order valence-electron chi connectivity index (χ2n) is 6.32. The molecule has 0 spiro atoms. The lowest BCUT2D eigenvalue weighted by Crippen LogP contribution is -2.50. The van der Waals surface area contributed by atoms with Crippen LogP contribution in [0.2, 0.25) is 0 Å². The summed E-state index contributed by atoms with van der Waals surface area (Å²) < 4.78 is 0. The molecule has 3 amide bonds. The lowest BCUT2D eigenvalue weighted by atomic mass is 10.2. The van der Waals surface area contributed by atoms with Crippen molar-refractivity contribution in [2.45, 2.75) is 6.92 Å². The summed E-state index contributed by atoms with van der Waals surface area (Å²) in [5.41, 5.74) is 3.07. The average Bonchev–Trinajstić information content (AvgIpc) is 2.69. The van der Waals surface area contributed by atoms with Gasteiger partial charge in [-0.15, -0.1) is 0 Å². The maximum atomic E-state index is 12.4. The number of nitrogens with zero attached hydrogens (tertiary/aromatic N) is 3. The van der Waals surface area contributed by atoms with Crippen LogP contribution in [0.1, 0.15) is 12.5 Å². The van der Waals surface area contributed by atoms with Crippen LogP contribution in [0.25, 0.3) is 0 Å². The van der Waals surface area contributed by atoms with Gasteiger partial charge < -0.3 is 20.4 Å². The minimum atomic E-state index is -0.139. The molecule has 27 heavy (non-hydrogen) atoms. The normalized spacial score (nSPS) is 13.6. The number of urea groups is 1. The fourth-order valence-corrected chi connectivity index (χ4v) is 2.96. The fraction of sp³-hybridized carbons (Fsp3) is 0.250. The molecule has 2 N–H and O–H groups in total. The number of carbonyl (C=O) groups excluding carboxylic acids is 2. The van der Waals surface area contributed by atoms with Gasteiger partial charge in [-0.25, -0.2) is 4.79 Å². The van der Waals surface area contributed by atoms with Gasteiger partial charge in [-0.1, -0.05) is 0 Å². The molecule has 1 fully saturated rings. The second kappa shape index (κ2) is 8.23. The summed E-state index contributed by atoms with van der Waals surface area (Å²) >= 11 is 0. The van der Waals surface area contributed by atoms with E-state index in [-0.39, 0.29) is 11.9 Å². The number of nitrogens with one attached hydrogen (secondary N) is 2. The summed E-state index contributed by atoms with van der Waals surface area (Å²) in [6, 6.07) is 16.4. The highest BCUT2D eigenvalue weighted by Crippen LogP contribution is 2.20. The van der Waals surface area contributed by atoms with Crippen molar-refractivity contribution in [3.63, 3.8) is 0 Å². The molecular weight excluding hydrogens is 342 g/mol. The minimum Gasteiger partial charge on any atom is -0.368 e. The van der Waals surface area contributed by atoms with Crippen LogP contribution in [0.4, 0.5) is 21.9 Å². The van der Waals surface area contributed by atoms with Crippen molar-refractivity contribution in [3.8, 4) is 6.07 Å². The zero-order valence-electron chi connectivity index (χ0n) is 15.1. The zero-order chi connectivity index (χ0) is 19.2. The van der Waals surface area contributed by atoms with Gasteiger partial charge in [-0.2, -0.15) is 5.26 Å². The molecule has 1 aliphatic rings. The van der Waals surface area contributed by atoms with E-state index in [1.54, 1.807) is 29.2 Å². The van der Waals surface area contributed by atoms with Gasteiger partial charge in [0.15, 0.2) is 0 Å². The van der Waals surface area contributed by atoms with Crippen LogP contribution < -0.4 is 15.5 Å². The first-order valence-corrected chi connectivity index (χ1v) is 8.74. The number of hydrogen-bond donors (Lipinski definition) is 2. The van der Waals surface area contributed by atoms with Crippen molar-refractivity contribution in [2.24, 2.45) is 0 Å². The largest absolute Gasteiger partial charge is 0.368 e. The van der Waals surface area contributed by atoms with E-state index in [4.69, 9.17) is 5.26 Å². The Morgan fingerprint density at radius 3 is 2.00 bits per heavy atom. The number of rotatable bonds is 3. The summed E-state index contributed by atoms with van der Waals surface area (Å²) in [5, 5.41) is 14.4. The van der Waals surface area contributed by atoms with Crippen molar-refractivity contribution >= 4 is 29.0 Å². The molecule has 1 heterocycles. The standard InChI is InChI=1S/C20H21N5O2/c1-15(26)22-17-6-8-19(9-7-17)24-10-12-25(13-11-24)20(27)23-18-4-2-16(14-21)3-5-18/h2-9H,10-13H2,1H3,(H,22,26)(H,23,27). The van der Waals surface area contributed by atoms with Gasteiger partial charge >= 0.3 is 6.03 Å². The minimum absolute atomic E-state index is 0.0929. The van der Waals surface area contributed by atoms with Crippen LogP contribution in [-0.2, 0) is 4.79 Å². The molecule has 0 aromatic heterocycles. The monoisotopic (exact) mass is 363 g/mol. The van der Waals surface area contributed by atoms with Crippen LogP contribution in [0, 0.1) is 11.3 Å². The Balaban J connectivity index is 1.52. The van der Waals surface area contributed by atoms with Gasteiger partial charge in [-0.3, -0.25) is 4.79 Å². The molecule has 0 atom stereocenters. The maximum Gasteiger partial charge on any atom is 0.321 e. The Bertz CT molecular complexity index is 847. The summed E-state index contributed by atoms with van der Waals surface area (Å²) in [5.74, 6) is -0.0929. The van der Waals surface area contributed by atoms with Crippen molar-refractivity contribution in [2.75, 3.05) is 41.7 Å². The Kier molecular flexibility index (Phi) is 5.57. The molecule has 138 valence electrons. The topological polar surface area (TPSA) is 88.5 Å². The third-order valence-corrected chi connectivity index (χ3v) is 4.38. The Morgan fingerprint density at radius 1 is 0.889 bits per heavy atom. The van der Waals surface area contributed by atoms with Crippen LogP contribution in [0.15, 0.2) is 48.5 Å². The van der Waals surface area contributed by atoms with E-state index in [0.717, 1.165) is 24.5 Å². The zero-order valence-corrected chi connectivity index (χ0v) is 15.1. The predicted octanol–water partition coefficient (Wildman–Crippen LogP) is 2.87. The molecule has 0 radical (unpaired) electrons. The maximum absolute atomic E-state index is 12.4. The van der Waals surface area contributed by atoms with Crippen LogP contribution in [-0.4, -0.2) is 43.0 Å². The first-order valence-electron chi connectivity index (χ1n) is 8.74. The van der Waals surface area contributed by atoms with Gasteiger partial charge in [0, 0.05) is 50.2 Å². The lowest BCUT2D eigenvalue weighted by Gasteiger charge is -2.36. The Hall–Kier alpha value is -3.53. The quantitative estimate of drug-likeness (QED) is 0.878. The highest BCUT2D eigenvalue weighted by atomic mass is 16.2. The highest BCUT2D eigenvalue weighted by molar-refractivity contribution is 5.90. The third-order valence-electron chi connectivity index (χ3n) is 4.38. The number of carbonyl (C=O) groups is 2. The molecule has 0 aliphatic carbocycles. The number of nitriles is 1. The molecule has 3 rings (SSSR count). The molecule has 7 heteroatoms. The van der Waals surface area contributed by atoms with E-state index in [1.165, 1.54) is 6.92 Å².